The minimum absolute atomic E-state index is 0.00847. The number of rotatable bonds is 4. The maximum atomic E-state index is 10.6. The summed E-state index contributed by atoms with van der Waals surface area (Å²) in [6.45, 7) is 2.46. The summed E-state index contributed by atoms with van der Waals surface area (Å²) in [5, 5.41) is 16.3. The summed E-state index contributed by atoms with van der Waals surface area (Å²) < 4.78 is 0. The van der Waals surface area contributed by atoms with E-state index >= 15 is 0 Å². The first-order valence-electron chi connectivity index (χ1n) is 4.26. The van der Waals surface area contributed by atoms with Crippen LogP contribution in [-0.2, 0) is 0 Å². The fourth-order valence-electron chi connectivity index (χ4n) is 1.04. The van der Waals surface area contributed by atoms with Gasteiger partial charge in [-0.2, -0.15) is 0 Å². The minimum Gasteiger partial charge on any atom is -0.373 e. The quantitative estimate of drug-likeness (QED) is 0.563. The Morgan fingerprint density at radius 2 is 2.29 bits per heavy atom. The SMILES string of the molecule is CCNc1nc(NC)ccc1[N+](=O)[O-]. The predicted molar refractivity (Wildman–Crippen MR) is 54.6 cm³/mol. The lowest BCUT2D eigenvalue weighted by Gasteiger charge is -2.05. The normalized spacial score (nSPS) is 9.57. The second-order valence-electron chi connectivity index (χ2n) is 2.60. The Morgan fingerprint density at radius 3 is 2.79 bits per heavy atom. The monoisotopic (exact) mass is 196 g/mol. The number of nitrogens with zero attached hydrogens (tertiary/aromatic N) is 2. The summed E-state index contributed by atoms with van der Waals surface area (Å²) in [6, 6.07) is 3.00. The number of aromatic nitrogens is 1. The number of nitrogens with one attached hydrogen (secondary N) is 2. The van der Waals surface area contributed by atoms with Crippen LogP contribution in [0.3, 0.4) is 0 Å². The van der Waals surface area contributed by atoms with Crippen molar-refractivity contribution < 1.29 is 4.92 Å². The maximum absolute atomic E-state index is 10.6. The molecule has 0 aliphatic carbocycles. The van der Waals surface area contributed by atoms with Crippen molar-refractivity contribution in [3.05, 3.63) is 22.2 Å². The largest absolute Gasteiger partial charge is 0.373 e. The molecule has 0 amide bonds. The van der Waals surface area contributed by atoms with Crippen molar-refractivity contribution in [1.29, 1.82) is 0 Å². The standard InChI is InChI=1S/C8H12N4O2/c1-3-10-8-6(12(13)14)4-5-7(9-2)11-8/h4-5H,3H2,1-2H3,(H2,9,10,11). The Labute approximate surface area is 81.5 Å². The fourth-order valence-corrected chi connectivity index (χ4v) is 1.04. The van der Waals surface area contributed by atoms with Gasteiger partial charge in [-0.25, -0.2) is 4.98 Å². The summed E-state index contributed by atoms with van der Waals surface area (Å²) in [4.78, 5) is 14.2. The van der Waals surface area contributed by atoms with Crippen molar-refractivity contribution in [3.63, 3.8) is 0 Å². The van der Waals surface area contributed by atoms with Crippen LogP contribution in [0.4, 0.5) is 17.3 Å². The minimum atomic E-state index is -0.454. The lowest BCUT2D eigenvalue weighted by atomic mass is 10.3. The van der Waals surface area contributed by atoms with Crippen LogP contribution in [0.15, 0.2) is 12.1 Å². The highest BCUT2D eigenvalue weighted by molar-refractivity contribution is 5.59. The second-order valence-corrected chi connectivity index (χ2v) is 2.60. The third-order valence-corrected chi connectivity index (χ3v) is 1.67. The van der Waals surface area contributed by atoms with Crippen molar-refractivity contribution in [1.82, 2.24) is 4.98 Å². The molecule has 1 rings (SSSR count). The zero-order chi connectivity index (χ0) is 10.6. The van der Waals surface area contributed by atoms with E-state index in [-0.39, 0.29) is 5.69 Å². The van der Waals surface area contributed by atoms with E-state index in [2.05, 4.69) is 15.6 Å². The molecule has 1 heterocycles. The molecule has 2 N–H and O–H groups in total. The van der Waals surface area contributed by atoms with E-state index in [1.807, 2.05) is 6.92 Å². The Hall–Kier alpha value is -1.85. The first-order valence-corrected chi connectivity index (χ1v) is 4.26. The Morgan fingerprint density at radius 1 is 1.57 bits per heavy atom. The lowest BCUT2D eigenvalue weighted by Crippen LogP contribution is -2.05. The summed E-state index contributed by atoms with van der Waals surface area (Å²) in [7, 11) is 1.71. The zero-order valence-corrected chi connectivity index (χ0v) is 8.07. The summed E-state index contributed by atoms with van der Waals surface area (Å²) in [6.07, 6.45) is 0. The zero-order valence-electron chi connectivity index (χ0n) is 8.07. The van der Waals surface area contributed by atoms with Crippen LogP contribution in [-0.4, -0.2) is 23.5 Å². The molecule has 6 nitrogen and oxygen atoms in total. The smallest absolute Gasteiger partial charge is 0.311 e. The molecule has 1 aromatic heterocycles. The van der Waals surface area contributed by atoms with Crippen molar-refractivity contribution >= 4 is 17.3 Å². The van der Waals surface area contributed by atoms with Gasteiger partial charge in [-0.15, -0.1) is 0 Å². The van der Waals surface area contributed by atoms with E-state index in [9.17, 15) is 10.1 Å². The molecule has 0 atom stereocenters. The first kappa shape index (κ1) is 10.2. The Kier molecular flexibility index (Phi) is 3.22. The molecule has 0 aromatic carbocycles. The van der Waals surface area contributed by atoms with Gasteiger partial charge in [0, 0.05) is 19.7 Å². The molecule has 0 unspecified atom stereocenters. The van der Waals surface area contributed by atoms with E-state index in [1.54, 1.807) is 13.1 Å². The van der Waals surface area contributed by atoms with Gasteiger partial charge < -0.3 is 10.6 Å². The van der Waals surface area contributed by atoms with Crippen molar-refractivity contribution in [2.45, 2.75) is 6.92 Å². The highest BCUT2D eigenvalue weighted by Crippen LogP contribution is 2.23. The molecule has 0 saturated heterocycles. The van der Waals surface area contributed by atoms with Crippen LogP contribution in [0.2, 0.25) is 0 Å². The third-order valence-electron chi connectivity index (χ3n) is 1.67. The van der Waals surface area contributed by atoms with Gasteiger partial charge in [0.1, 0.15) is 5.82 Å². The summed E-state index contributed by atoms with van der Waals surface area (Å²) >= 11 is 0. The van der Waals surface area contributed by atoms with Gasteiger partial charge in [-0.3, -0.25) is 10.1 Å². The third kappa shape index (κ3) is 2.09. The molecule has 1 aromatic rings. The molecule has 0 bridgehead atoms. The highest BCUT2D eigenvalue weighted by Gasteiger charge is 2.14. The summed E-state index contributed by atoms with van der Waals surface area (Å²) in [5.41, 5.74) is -0.00847. The molecule has 0 saturated carbocycles. The summed E-state index contributed by atoms with van der Waals surface area (Å²) in [5.74, 6) is 0.899. The molecule has 76 valence electrons. The van der Waals surface area contributed by atoms with E-state index in [4.69, 9.17) is 0 Å². The van der Waals surface area contributed by atoms with Gasteiger partial charge >= 0.3 is 5.69 Å². The fraction of sp³-hybridized carbons (Fsp3) is 0.375. The number of anilines is 2. The van der Waals surface area contributed by atoms with Gasteiger partial charge in [0.05, 0.1) is 4.92 Å². The Bertz CT molecular complexity index is 340. The van der Waals surface area contributed by atoms with Crippen LogP contribution >= 0.6 is 0 Å². The molecule has 0 fully saturated rings. The number of nitro groups is 1. The van der Waals surface area contributed by atoms with Gasteiger partial charge in [-0.1, -0.05) is 0 Å². The van der Waals surface area contributed by atoms with Crippen molar-refractivity contribution in [2.75, 3.05) is 24.2 Å². The molecule has 6 heteroatoms. The highest BCUT2D eigenvalue weighted by atomic mass is 16.6. The molecule has 0 aliphatic rings. The molecule has 0 aliphatic heterocycles. The van der Waals surface area contributed by atoms with Gasteiger partial charge in [0.2, 0.25) is 5.82 Å². The van der Waals surface area contributed by atoms with Crippen molar-refractivity contribution in [3.8, 4) is 0 Å². The lowest BCUT2D eigenvalue weighted by molar-refractivity contribution is -0.384. The molecular formula is C8H12N4O2. The molecule has 14 heavy (non-hydrogen) atoms. The van der Waals surface area contributed by atoms with Crippen LogP contribution in [0.5, 0.6) is 0 Å². The Balaban J connectivity index is 3.10. The van der Waals surface area contributed by atoms with E-state index < -0.39 is 4.92 Å². The van der Waals surface area contributed by atoms with Crippen LogP contribution in [0.1, 0.15) is 6.92 Å². The van der Waals surface area contributed by atoms with E-state index in [0.717, 1.165) is 0 Å². The van der Waals surface area contributed by atoms with Crippen LogP contribution in [0, 0.1) is 10.1 Å². The average Bonchev–Trinajstić information content (AvgIpc) is 2.17. The predicted octanol–water partition coefficient (Wildman–Crippen LogP) is 1.46. The number of hydrogen-bond acceptors (Lipinski definition) is 5. The second kappa shape index (κ2) is 4.40. The van der Waals surface area contributed by atoms with Gasteiger partial charge in [0.25, 0.3) is 0 Å². The van der Waals surface area contributed by atoms with Gasteiger partial charge in [-0.05, 0) is 13.0 Å². The average molecular weight is 196 g/mol. The number of pyridine rings is 1. The first-order chi connectivity index (χ1) is 6.69. The van der Waals surface area contributed by atoms with Crippen LogP contribution in [0.25, 0.3) is 0 Å². The molecule has 0 spiro atoms. The van der Waals surface area contributed by atoms with E-state index in [1.165, 1.54) is 6.07 Å². The molecular weight excluding hydrogens is 184 g/mol. The topological polar surface area (TPSA) is 80.1 Å². The molecule has 0 radical (unpaired) electrons. The maximum Gasteiger partial charge on any atom is 0.311 e. The van der Waals surface area contributed by atoms with Crippen LogP contribution < -0.4 is 10.6 Å². The number of hydrogen-bond donors (Lipinski definition) is 2. The van der Waals surface area contributed by atoms with E-state index in [0.29, 0.717) is 18.2 Å². The van der Waals surface area contributed by atoms with Crippen molar-refractivity contribution in [2.24, 2.45) is 0 Å². The van der Waals surface area contributed by atoms with Gasteiger partial charge in [0.15, 0.2) is 0 Å².